The third-order valence-corrected chi connectivity index (χ3v) is 4.67. The number of amides is 3. The van der Waals surface area contributed by atoms with E-state index in [1.165, 1.54) is 44.6 Å². The maximum atomic E-state index is 12.7. The maximum absolute atomic E-state index is 12.7. The van der Waals surface area contributed by atoms with Gasteiger partial charge >= 0.3 is 0 Å². The van der Waals surface area contributed by atoms with Crippen LogP contribution in [-0.2, 0) is 0 Å². The first-order valence-corrected chi connectivity index (χ1v) is 9.11. The van der Waals surface area contributed by atoms with Crippen LogP contribution >= 0.6 is 0 Å². The molecule has 1 aliphatic rings. The number of nitrogens with one attached hydrogen (secondary N) is 1. The molecular weight excluding hydrogens is 392 g/mol. The fourth-order valence-corrected chi connectivity index (χ4v) is 3.20. The number of carbonyl (C=O) groups is 4. The molecule has 156 valence electrons. The molecule has 0 saturated heterocycles. The highest BCUT2D eigenvalue weighted by Crippen LogP contribution is 2.33. The Morgan fingerprint density at radius 3 is 2.23 bits per heavy atom. The van der Waals surface area contributed by atoms with E-state index in [0.29, 0.717) is 6.42 Å². The molecule has 9 heteroatoms. The molecule has 0 spiro atoms. The van der Waals surface area contributed by atoms with E-state index in [1.54, 1.807) is 0 Å². The number of methoxy groups -OCH3 is 2. The van der Waals surface area contributed by atoms with Crippen molar-refractivity contribution in [2.24, 2.45) is 0 Å². The SMILES string of the molecule is CCCN1C(=O)c2ccc(C(=O)Nc3cc(OC)c(OC)cc3C(=O)[O-])cc2C1=O. The summed E-state index contributed by atoms with van der Waals surface area (Å²) in [6, 6.07) is 6.60. The number of aromatic carboxylic acids is 1. The first-order valence-electron chi connectivity index (χ1n) is 9.11. The summed E-state index contributed by atoms with van der Waals surface area (Å²) < 4.78 is 10.2. The van der Waals surface area contributed by atoms with Crippen molar-refractivity contribution in [3.8, 4) is 11.5 Å². The number of hydrogen-bond acceptors (Lipinski definition) is 7. The molecule has 0 unspecified atom stereocenters. The lowest BCUT2D eigenvalue weighted by Gasteiger charge is -2.16. The van der Waals surface area contributed by atoms with Crippen LogP contribution in [0, 0.1) is 0 Å². The molecular formula is C21H19N2O7-. The Morgan fingerprint density at radius 1 is 1.00 bits per heavy atom. The highest BCUT2D eigenvalue weighted by Gasteiger charge is 2.35. The highest BCUT2D eigenvalue weighted by atomic mass is 16.5. The number of carboxylic acid groups (broad SMARTS) is 1. The molecule has 0 aliphatic carbocycles. The van der Waals surface area contributed by atoms with Gasteiger partial charge in [0.25, 0.3) is 17.7 Å². The monoisotopic (exact) mass is 411 g/mol. The van der Waals surface area contributed by atoms with Crippen LogP contribution in [0.25, 0.3) is 0 Å². The van der Waals surface area contributed by atoms with Gasteiger partial charge in [-0.25, -0.2) is 0 Å². The van der Waals surface area contributed by atoms with Crippen molar-refractivity contribution in [2.45, 2.75) is 13.3 Å². The van der Waals surface area contributed by atoms with Gasteiger partial charge in [-0.3, -0.25) is 19.3 Å². The molecule has 1 heterocycles. The zero-order valence-corrected chi connectivity index (χ0v) is 16.6. The molecule has 0 atom stereocenters. The van der Waals surface area contributed by atoms with Crippen LogP contribution in [0.4, 0.5) is 5.69 Å². The Hall–Kier alpha value is -3.88. The van der Waals surface area contributed by atoms with Gasteiger partial charge in [-0.15, -0.1) is 0 Å². The van der Waals surface area contributed by atoms with Crippen molar-refractivity contribution in [2.75, 3.05) is 26.1 Å². The number of ether oxygens (including phenoxy) is 2. The van der Waals surface area contributed by atoms with E-state index in [1.807, 2.05) is 6.92 Å². The number of rotatable bonds is 7. The van der Waals surface area contributed by atoms with Crippen molar-refractivity contribution < 1.29 is 33.8 Å². The number of hydrogen-bond donors (Lipinski definition) is 1. The predicted octanol–water partition coefficient (Wildman–Crippen LogP) is 1.33. The van der Waals surface area contributed by atoms with Crippen LogP contribution in [0.15, 0.2) is 30.3 Å². The number of carboxylic acids is 1. The van der Waals surface area contributed by atoms with Gasteiger partial charge in [-0.2, -0.15) is 0 Å². The fraction of sp³-hybridized carbons (Fsp3) is 0.238. The summed E-state index contributed by atoms with van der Waals surface area (Å²) in [6.45, 7) is 2.13. The second-order valence-electron chi connectivity index (χ2n) is 6.52. The third-order valence-electron chi connectivity index (χ3n) is 4.67. The summed E-state index contributed by atoms with van der Waals surface area (Å²) in [5.41, 5.74) is 0.0862. The van der Waals surface area contributed by atoms with E-state index in [4.69, 9.17) is 9.47 Å². The average molecular weight is 411 g/mol. The lowest BCUT2D eigenvalue weighted by atomic mass is 10.0. The molecule has 1 aliphatic heterocycles. The van der Waals surface area contributed by atoms with Crippen LogP contribution in [-0.4, -0.2) is 49.4 Å². The summed E-state index contributed by atoms with van der Waals surface area (Å²) in [4.78, 5) is 50.2. The largest absolute Gasteiger partial charge is 0.545 e. The molecule has 2 aromatic rings. The van der Waals surface area contributed by atoms with Crippen LogP contribution in [0.3, 0.4) is 0 Å². The van der Waals surface area contributed by atoms with Crippen LogP contribution < -0.4 is 19.9 Å². The summed E-state index contributed by atoms with van der Waals surface area (Å²) in [6.07, 6.45) is 0.615. The van der Waals surface area contributed by atoms with Crippen LogP contribution in [0.5, 0.6) is 11.5 Å². The van der Waals surface area contributed by atoms with Crippen molar-refractivity contribution >= 4 is 29.4 Å². The maximum Gasteiger partial charge on any atom is 0.261 e. The summed E-state index contributed by atoms with van der Waals surface area (Å²) in [7, 11) is 2.72. The average Bonchev–Trinajstić information content (AvgIpc) is 2.97. The molecule has 3 amide bonds. The van der Waals surface area contributed by atoms with E-state index in [9.17, 15) is 24.3 Å². The topological polar surface area (TPSA) is 125 Å². The molecule has 0 aromatic heterocycles. The van der Waals surface area contributed by atoms with Gasteiger partial charge < -0.3 is 24.7 Å². The number of carbonyl (C=O) groups excluding carboxylic acids is 4. The molecule has 1 N–H and O–H groups in total. The Labute approximate surface area is 172 Å². The predicted molar refractivity (Wildman–Crippen MR) is 104 cm³/mol. The van der Waals surface area contributed by atoms with Crippen molar-refractivity contribution in [3.63, 3.8) is 0 Å². The highest BCUT2D eigenvalue weighted by molar-refractivity contribution is 6.22. The van der Waals surface area contributed by atoms with E-state index in [0.717, 1.165) is 4.90 Å². The molecule has 0 saturated carbocycles. The molecule has 9 nitrogen and oxygen atoms in total. The number of imide groups is 1. The molecule has 0 fully saturated rings. The minimum atomic E-state index is -1.52. The summed E-state index contributed by atoms with van der Waals surface area (Å²) in [5.74, 6) is -2.68. The van der Waals surface area contributed by atoms with E-state index in [-0.39, 0.29) is 46.0 Å². The number of anilines is 1. The summed E-state index contributed by atoms with van der Waals surface area (Å²) >= 11 is 0. The van der Waals surface area contributed by atoms with Gasteiger partial charge in [-0.1, -0.05) is 6.92 Å². The lowest BCUT2D eigenvalue weighted by Crippen LogP contribution is -2.30. The minimum absolute atomic E-state index is 0.0619. The molecule has 3 rings (SSSR count). The molecule has 30 heavy (non-hydrogen) atoms. The van der Waals surface area contributed by atoms with Gasteiger partial charge in [0.2, 0.25) is 0 Å². The van der Waals surface area contributed by atoms with Gasteiger partial charge in [-0.05, 0) is 30.7 Å². The van der Waals surface area contributed by atoms with Gasteiger partial charge in [0.05, 0.1) is 37.0 Å². The fourth-order valence-electron chi connectivity index (χ4n) is 3.20. The Balaban J connectivity index is 1.94. The second-order valence-corrected chi connectivity index (χ2v) is 6.52. The summed E-state index contributed by atoms with van der Waals surface area (Å²) in [5, 5.41) is 14.0. The minimum Gasteiger partial charge on any atom is -0.545 e. The molecule has 2 aromatic carbocycles. The van der Waals surface area contributed by atoms with E-state index >= 15 is 0 Å². The zero-order chi connectivity index (χ0) is 22.0. The van der Waals surface area contributed by atoms with Gasteiger partial charge in [0.15, 0.2) is 11.5 Å². The standard InChI is InChI=1S/C21H20N2O7/c1-4-7-23-19(25)12-6-5-11(8-13(12)20(23)26)18(24)22-15-10-17(30-3)16(29-2)9-14(15)21(27)28/h5-6,8-10H,4,7H2,1-3H3,(H,22,24)(H,27,28)/p-1. The normalized spacial score (nSPS) is 12.6. The smallest absolute Gasteiger partial charge is 0.261 e. The first kappa shape index (κ1) is 20.8. The van der Waals surface area contributed by atoms with Crippen molar-refractivity contribution in [1.82, 2.24) is 4.90 Å². The molecule has 0 radical (unpaired) electrons. The van der Waals surface area contributed by atoms with Crippen molar-refractivity contribution in [1.29, 1.82) is 0 Å². The number of nitrogens with zero attached hydrogens (tertiary/aromatic N) is 1. The Kier molecular flexibility index (Phi) is 5.72. The van der Waals surface area contributed by atoms with E-state index < -0.39 is 23.7 Å². The van der Waals surface area contributed by atoms with Crippen molar-refractivity contribution in [3.05, 3.63) is 52.6 Å². The second kappa shape index (κ2) is 8.24. The van der Waals surface area contributed by atoms with Crippen LogP contribution in [0.1, 0.15) is 54.8 Å². The lowest BCUT2D eigenvalue weighted by molar-refractivity contribution is -0.254. The zero-order valence-electron chi connectivity index (χ0n) is 16.6. The third kappa shape index (κ3) is 3.57. The van der Waals surface area contributed by atoms with E-state index in [2.05, 4.69) is 5.32 Å². The van der Waals surface area contributed by atoms with Gasteiger partial charge in [0.1, 0.15) is 0 Å². The number of fused-ring (bicyclic) bond motifs is 1. The Bertz CT molecular complexity index is 1060. The quantitative estimate of drug-likeness (QED) is 0.681. The number of benzene rings is 2. The molecule has 0 bridgehead atoms. The Morgan fingerprint density at radius 2 is 1.63 bits per heavy atom. The van der Waals surface area contributed by atoms with Crippen LogP contribution in [0.2, 0.25) is 0 Å². The van der Waals surface area contributed by atoms with Gasteiger partial charge in [0, 0.05) is 23.7 Å². The first-order chi connectivity index (χ1) is 14.3.